The number of aromatic nitrogens is 1. The van der Waals surface area contributed by atoms with Crippen LogP contribution in [0.5, 0.6) is 5.88 Å². The summed E-state index contributed by atoms with van der Waals surface area (Å²) in [5, 5.41) is 0. The van der Waals surface area contributed by atoms with E-state index in [-0.39, 0.29) is 0 Å². The molecule has 1 aromatic rings. The van der Waals surface area contributed by atoms with Crippen molar-refractivity contribution in [2.24, 2.45) is 5.73 Å². The van der Waals surface area contributed by atoms with Crippen molar-refractivity contribution in [3.8, 4) is 5.88 Å². The van der Waals surface area contributed by atoms with Gasteiger partial charge in [0.05, 0.1) is 7.11 Å². The number of pyridine rings is 1. The van der Waals surface area contributed by atoms with Crippen LogP contribution in [0, 0.1) is 0 Å². The van der Waals surface area contributed by atoms with Gasteiger partial charge in [-0.2, -0.15) is 0 Å². The van der Waals surface area contributed by atoms with Gasteiger partial charge in [-0.15, -0.1) is 0 Å². The van der Waals surface area contributed by atoms with Crippen molar-refractivity contribution in [3.05, 3.63) is 23.9 Å². The van der Waals surface area contributed by atoms with E-state index in [1.165, 1.54) is 5.56 Å². The molecule has 0 amide bonds. The first kappa shape index (κ1) is 8.51. The normalized spacial score (nSPS) is 26.6. The summed E-state index contributed by atoms with van der Waals surface area (Å²) in [6.45, 7) is 0. The first-order valence-corrected chi connectivity index (χ1v) is 4.55. The third-order valence-corrected chi connectivity index (χ3v) is 2.61. The Morgan fingerprint density at radius 1 is 1.54 bits per heavy atom. The highest BCUT2D eigenvalue weighted by atomic mass is 16.5. The fourth-order valence-electron chi connectivity index (χ4n) is 1.72. The van der Waals surface area contributed by atoms with E-state index in [2.05, 4.69) is 4.98 Å². The molecule has 0 spiro atoms. The van der Waals surface area contributed by atoms with E-state index in [4.69, 9.17) is 10.5 Å². The number of hydrogen-bond donors (Lipinski definition) is 1. The van der Waals surface area contributed by atoms with Crippen molar-refractivity contribution >= 4 is 0 Å². The fourth-order valence-corrected chi connectivity index (χ4v) is 1.72. The maximum absolute atomic E-state index is 5.73. The molecule has 1 heterocycles. The fraction of sp³-hybridized carbons (Fsp3) is 0.500. The van der Waals surface area contributed by atoms with E-state index >= 15 is 0 Å². The molecule has 0 aromatic carbocycles. The molecule has 0 aliphatic heterocycles. The average Bonchev–Trinajstić information content (AvgIpc) is 2.13. The molecule has 0 bridgehead atoms. The molecular formula is C10H14N2O. The molecule has 1 aromatic heterocycles. The van der Waals surface area contributed by atoms with Crippen LogP contribution in [0.4, 0.5) is 0 Å². The van der Waals surface area contributed by atoms with Crippen LogP contribution in [0.3, 0.4) is 0 Å². The van der Waals surface area contributed by atoms with Crippen molar-refractivity contribution in [2.75, 3.05) is 7.11 Å². The molecule has 3 nitrogen and oxygen atoms in total. The van der Waals surface area contributed by atoms with Crippen LogP contribution < -0.4 is 10.5 Å². The standard InChI is InChI=1S/C10H14N2O/c1-13-10-6-7(2-3-12-10)8-4-9(11)5-8/h2-3,6,8-9H,4-5,11H2,1H3. The van der Waals surface area contributed by atoms with Gasteiger partial charge in [-0.05, 0) is 30.4 Å². The molecule has 1 aliphatic rings. The van der Waals surface area contributed by atoms with Crippen molar-refractivity contribution in [2.45, 2.75) is 24.8 Å². The second-order valence-corrected chi connectivity index (χ2v) is 3.56. The second kappa shape index (κ2) is 3.34. The quantitative estimate of drug-likeness (QED) is 0.742. The predicted molar refractivity (Wildman–Crippen MR) is 50.7 cm³/mol. The molecule has 0 saturated heterocycles. The molecule has 1 aliphatic carbocycles. The summed E-state index contributed by atoms with van der Waals surface area (Å²) in [5.41, 5.74) is 7.03. The molecule has 1 fully saturated rings. The Kier molecular flexibility index (Phi) is 2.19. The summed E-state index contributed by atoms with van der Waals surface area (Å²) in [5.74, 6) is 1.31. The topological polar surface area (TPSA) is 48.1 Å². The summed E-state index contributed by atoms with van der Waals surface area (Å²) in [4.78, 5) is 4.06. The Morgan fingerprint density at radius 2 is 2.31 bits per heavy atom. The minimum Gasteiger partial charge on any atom is -0.481 e. The third kappa shape index (κ3) is 1.65. The SMILES string of the molecule is COc1cc(C2CC(N)C2)ccn1. The molecule has 3 heteroatoms. The van der Waals surface area contributed by atoms with Crippen LogP contribution >= 0.6 is 0 Å². The van der Waals surface area contributed by atoms with Gasteiger partial charge < -0.3 is 10.5 Å². The van der Waals surface area contributed by atoms with Crippen LogP contribution in [0.1, 0.15) is 24.3 Å². The van der Waals surface area contributed by atoms with Crippen molar-refractivity contribution < 1.29 is 4.74 Å². The van der Waals surface area contributed by atoms with Gasteiger partial charge in [0.25, 0.3) is 0 Å². The number of nitrogens with two attached hydrogens (primary N) is 1. The number of rotatable bonds is 2. The van der Waals surface area contributed by atoms with E-state index in [9.17, 15) is 0 Å². The van der Waals surface area contributed by atoms with Gasteiger partial charge in [0.15, 0.2) is 0 Å². The summed E-state index contributed by atoms with van der Waals surface area (Å²) >= 11 is 0. The Morgan fingerprint density at radius 3 is 2.92 bits per heavy atom. The summed E-state index contributed by atoms with van der Waals surface area (Å²) < 4.78 is 5.06. The molecule has 13 heavy (non-hydrogen) atoms. The van der Waals surface area contributed by atoms with E-state index in [0.29, 0.717) is 17.8 Å². The zero-order valence-electron chi connectivity index (χ0n) is 7.73. The van der Waals surface area contributed by atoms with Gasteiger partial charge in [-0.1, -0.05) is 0 Å². The number of methoxy groups -OCH3 is 1. The number of nitrogens with zero attached hydrogens (tertiary/aromatic N) is 1. The lowest BCUT2D eigenvalue weighted by molar-refractivity contribution is 0.347. The summed E-state index contributed by atoms with van der Waals surface area (Å²) in [7, 11) is 1.64. The molecule has 2 N–H and O–H groups in total. The molecule has 0 radical (unpaired) electrons. The lowest BCUT2D eigenvalue weighted by Crippen LogP contribution is -2.34. The van der Waals surface area contributed by atoms with Crippen molar-refractivity contribution in [3.63, 3.8) is 0 Å². The molecular weight excluding hydrogens is 164 g/mol. The molecule has 70 valence electrons. The van der Waals surface area contributed by atoms with E-state index in [0.717, 1.165) is 12.8 Å². The molecule has 0 unspecified atom stereocenters. The van der Waals surface area contributed by atoms with E-state index in [1.807, 2.05) is 12.1 Å². The van der Waals surface area contributed by atoms with Gasteiger partial charge in [0.2, 0.25) is 5.88 Å². The number of hydrogen-bond acceptors (Lipinski definition) is 3. The maximum Gasteiger partial charge on any atom is 0.213 e. The minimum atomic E-state index is 0.393. The molecule has 0 atom stereocenters. The largest absolute Gasteiger partial charge is 0.481 e. The monoisotopic (exact) mass is 178 g/mol. The van der Waals surface area contributed by atoms with Gasteiger partial charge >= 0.3 is 0 Å². The highest BCUT2D eigenvalue weighted by molar-refractivity contribution is 5.26. The lowest BCUT2D eigenvalue weighted by Gasteiger charge is -2.32. The second-order valence-electron chi connectivity index (χ2n) is 3.56. The minimum absolute atomic E-state index is 0.393. The average molecular weight is 178 g/mol. The molecule has 2 rings (SSSR count). The zero-order valence-corrected chi connectivity index (χ0v) is 7.73. The van der Waals surface area contributed by atoms with Gasteiger partial charge in [-0.25, -0.2) is 4.98 Å². The maximum atomic E-state index is 5.73. The molecule has 1 saturated carbocycles. The van der Waals surface area contributed by atoms with Gasteiger partial charge in [-0.3, -0.25) is 0 Å². The Balaban J connectivity index is 2.12. The van der Waals surface area contributed by atoms with Crippen molar-refractivity contribution in [1.29, 1.82) is 0 Å². The Bertz CT molecular complexity index is 295. The van der Waals surface area contributed by atoms with Gasteiger partial charge in [0.1, 0.15) is 0 Å². The van der Waals surface area contributed by atoms with Crippen molar-refractivity contribution in [1.82, 2.24) is 4.98 Å². The van der Waals surface area contributed by atoms with Crippen LogP contribution in [0.2, 0.25) is 0 Å². The van der Waals surface area contributed by atoms with Gasteiger partial charge in [0, 0.05) is 18.3 Å². The first-order valence-electron chi connectivity index (χ1n) is 4.55. The zero-order chi connectivity index (χ0) is 9.26. The first-order chi connectivity index (χ1) is 6.29. The Labute approximate surface area is 77.9 Å². The van der Waals surface area contributed by atoms with Crippen LogP contribution in [-0.2, 0) is 0 Å². The Hall–Kier alpha value is -1.09. The lowest BCUT2D eigenvalue weighted by atomic mass is 9.77. The summed E-state index contributed by atoms with van der Waals surface area (Å²) in [6.07, 6.45) is 3.97. The summed E-state index contributed by atoms with van der Waals surface area (Å²) in [6, 6.07) is 4.43. The van der Waals surface area contributed by atoms with E-state index < -0.39 is 0 Å². The van der Waals surface area contributed by atoms with Crippen LogP contribution in [0.15, 0.2) is 18.3 Å². The van der Waals surface area contributed by atoms with E-state index in [1.54, 1.807) is 13.3 Å². The smallest absolute Gasteiger partial charge is 0.213 e. The number of ether oxygens (including phenoxy) is 1. The third-order valence-electron chi connectivity index (χ3n) is 2.61. The van der Waals surface area contributed by atoms with Crippen LogP contribution in [-0.4, -0.2) is 18.1 Å². The highest BCUT2D eigenvalue weighted by Crippen LogP contribution is 2.36. The predicted octanol–water partition coefficient (Wildman–Crippen LogP) is 1.29. The highest BCUT2D eigenvalue weighted by Gasteiger charge is 2.27. The van der Waals surface area contributed by atoms with Crippen LogP contribution in [0.25, 0.3) is 0 Å².